The van der Waals surface area contributed by atoms with Crippen LogP contribution >= 0.6 is 11.3 Å². The van der Waals surface area contributed by atoms with Gasteiger partial charge in [0.2, 0.25) is 0 Å². The second-order valence-corrected chi connectivity index (χ2v) is 8.97. The van der Waals surface area contributed by atoms with Gasteiger partial charge < -0.3 is 19.4 Å². The average Bonchev–Trinajstić information content (AvgIpc) is 3.36. The van der Waals surface area contributed by atoms with Crippen LogP contribution in [0.3, 0.4) is 0 Å². The van der Waals surface area contributed by atoms with Crippen LogP contribution in [-0.2, 0) is 18.3 Å². The second kappa shape index (κ2) is 8.90. The van der Waals surface area contributed by atoms with Gasteiger partial charge in [0.05, 0.1) is 30.6 Å². The average molecular weight is 450 g/mol. The number of rotatable bonds is 6. The van der Waals surface area contributed by atoms with E-state index in [4.69, 9.17) is 14.5 Å². The van der Waals surface area contributed by atoms with Crippen molar-refractivity contribution in [1.82, 2.24) is 19.4 Å². The molecule has 0 unspecified atom stereocenters. The molecule has 3 aromatic heterocycles. The standard InChI is InChI=1S/C24H27N5O2S/c1-16-15-32-24(25-16)27-23-6-4-5-20(26-23)22-14-29(9-10-31-22)13-17-12-28(2)21-11-18(30-3)7-8-19(17)21/h4-8,11-12,15,22H,9-10,13-14H2,1-3H3,(H,25,26,27)/t22-/m0/s1. The first kappa shape index (κ1) is 20.9. The molecule has 0 radical (unpaired) electrons. The lowest BCUT2D eigenvalue weighted by molar-refractivity contribution is -0.0348. The van der Waals surface area contributed by atoms with Gasteiger partial charge in [-0.3, -0.25) is 4.90 Å². The molecule has 166 valence electrons. The van der Waals surface area contributed by atoms with Crippen molar-refractivity contribution in [2.24, 2.45) is 7.05 Å². The predicted molar refractivity (Wildman–Crippen MR) is 128 cm³/mol. The molecule has 1 saturated heterocycles. The van der Waals surface area contributed by atoms with E-state index in [0.29, 0.717) is 6.61 Å². The third-order valence-corrected chi connectivity index (χ3v) is 6.65. The zero-order chi connectivity index (χ0) is 22.1. The molecule has 7 nitrogen and oxygen atoms in total. The van der Waals surface area contributed by atoms with E-state index < -0.39 is 0 Å². The van der Waals surface area contributed by atoms with E-state index in [1.165, 1.54) is 16.5 Å². The Morgan fingerprint density at radius 3 is 2.97 bits per heavy atom. The number of nitrogens with one attached hydrogen (secondary N) is 1. The number of aromatic nitrogens is 3. The summed E-state index contributed by atoms with van der Waals surface area (Å²) in [7, 11) is 3.79. The highest BCUT2D eigenvalue weighted by Crippen LogP contribution is 2.29. The summed E-state index contributed by atoms with van der Waals surface area (Å²) in [6, 6.07) is 12.3. The lowest BCUT2D eigenvalue weighted by atomic mass is 10.1. The van der Waals surface area contributed by atoms with Gasteiger partial charge in [0, 0.05) is 49.7 Å². The van der Waals surface area contributed by atoms with E-state index in [-0.39, 0.29) is 6.10 Å². The smallest absolute Gasteiger partial charge is 0.188 e. The van der Waals surface area contributed by atoms with Crippen molar-refractivity contribution >= 4 is 33.2 Å². The van der Waals surface area contributed by atoms with Crippen LogP contribution in [0.2, 0.25) is 0 Å². The number of nitrogens with zero attached hydrogens (tertiary/aromatic N) is 4. The van der Waals surface area contributed by atoms with Crippen LogP contribution < -0.4 is 10.1 Å². The highest BCUT2D eigenvalue weighted by atomic mass is 32.1. The molecule has 1 atom stereocenters. The number of morpholine rings is 1. The molecule has 1 aliphatic heterocycles. The summed E-state index contributed by atoms with van der Waals surface area (Å²) >= 11 is 1.58. The minimum absolute atomic E-state index is 0.0569. The van der Waals surface area contributed by atoms with E-state index in [0.717, 1.165) is 47.7 Å². The maximum Gasteiger partial charge on any atom is 0.188 e. The summed E-state index contributed by atoms with van der Waals surface area (Å²) in [6.07, 6.45) is 2.16. The molecule has 0 saturated carbocycles. The summed E-state index contributed by atoms with van der Waals surface area (Å²) in [5.74, 6) is 1.67. The van der Waals surface area contributed by atoms with E-state index in [2.05, 4.69) is 45.1 Å². The van der Waals surface area contributed by atoms with Gasteiger partial charge in [-0.15, -0.1) is 11.3 Å². The SMILES string of the molecule is COc1ccc2c(CN3CCO[C@H](c4cccc(Nc5nc(C)cs5)n4)C3)cn(C)c2c1. The zero-order valence-electron chi connectivity index (χ0n) is 18.5. The Balaban J connectivity index is 1.31. The molecule has 0 bridgehead atoms. The van der Waals surface area contributed by atoms with Crippen LogP contribution in [0, 0.1) is 6.92 Å². The first-order valence-corrected chi connectivity index (χ1v) is 11.6. The Hall–Kier alpha value is -2.94. The second-order valence-electron chi connectivity index (χ2n) is 8.11. The van der Waals surface area contributed by atoms with Gasteiger partial charge in [-0.25, -0.2) is 9.97 Å². The van der Waals surface area contributed by atoms with Crippen molar-refractivity contribution in [3.8, 4) is 5.75 Å². The van der Waals surface area contributed by atoms with Crippen LogP contribution in [0.5, 0.6) is 5.75 Å². The van der Waals surface area contributed by atoms with Crippen LogP contribution in [0.4, 0.5) is 10.9 Å². The Morgan fingerprint density at radius 2 is 2.16 bits per heavy atom. The molecule has 1 aromatic carbocycles. The maximum atomic E-state index is 6.10. The number of methoxy groups -OCH3 is 1. The van der Waals surface area contributed by atoms with Crippen molar-refractivity contribution in [1.29, 1.82) is 0 Å². The molecule has 1 N–H and O–H groups in total. The monoisotopic (exact) mass is 449 g/mol. The van der Waals surface area contributed by atoms with Gasteiger partial charge in [0.1, 0.15) is 17.7 Å². The first-order valence-electron chi connectivity index (χ1n) is 10.7. The van der Waals surface area contributed by atoms with E-state index >= 15 is 0 Å². The van der Waals surface area contributed by atoms with Gasteiger partial charge in [-0.1, -0.05) is 6.07 Å². The van der Waals surface area contributed by atoms with Crippen molar-refractivity contribution in [2.75, 3.05) is 32.1 Å². The Morgan fingerprint density at radius 1 is 1.25 bits per heavy atom. The van der Waals surface area contributed by atoms with Crippen LogP contribution in [0.15, 0.2) is 48.0 Å². The van der Waals surface area contributed by atoms with E-state index in [9.17, 15) is 0 Å². The van der Waals surface area contributed by atoms with E-state index in [1.807, 2.05) is 36.6 Å². The van der Waals surface area contributed by atoms with Gasteiger partial charge >= 0.3 is 0 Å². The van der Waals surface area contributed by atoms with Gasteiger partial charge in [-0.2, -0.15) is 0 Å². The molecule has 5 rings (SSSR count). The molecule has 0 aliphatic carbocycles. The summed E-state index contributed by atoms with van der Waals surface area (Å²) < 4.78 is 13.7. The number of pyridine rings is 1. The molecule has 0 amide bonds. The predicted octanol–water partition coefficient (Wildman–Crippen LogP) is 4.66. The van der Waals surface area contributed by atoms with Crippen molar-refractivity contribution in [2.45, 2.75) is 19.6 Å². The van der Waals surface area contributed by atoms with Crippen molar-refractivity contribution in [3.63, 3.8) is 0 Å². The zero-order valence-corrected chi connectivity index (χ0v) is 19.4. The number of thiazole rings is 1. The minimum Gasteiger partial charge on any atom is -0.497 e. The molecule has 4 aromatic rings. The molecule has 32 heavy (non-hydrogen) atoms. The largest absolute Gasteiger partial charge is 0.497 e. The fourth-order valence-corrected chi connectivity index (χ4v) is 4.88. The molecule has 1 fully saturated rings. The molecular formula is C24H27N5O2S. The highest BCUT2D eigenvalue weighted by Gasteiger charge is 2.24. The topological polar surface area (TPSA) is 64.4 Å². The normalized spacial score (nSPS) is 17.0. The maximum absolute atomic E-state index is 6.10. The number of hydrogen-bond acceptors (Lipinski definition) is 7. The number of aryl methyl sites for hydroxylation is 2. The molecule has 1 aliphatic rings. The summed E-state index contributed by atoms with van der Waals surface area (Å²) in [4.78, 5) is 11.7. The fourth-order valence-electron chi connectivity index (χ4n) is 4.19. The summed E-state index contributed by atoms with van der Waals surface area (Å²) in [5, 5.41) is 7.44. The number of benzene rings is 1. The first-order chi connectivity index (χ1) is 15.6. The Bertz CT molecular complexity index is 1230. The molecule has 0 spiro atoms. The van der Waals surface area contributed by atoms with Crippen molar-refractivity contribution in [3.05, 3.63) is 64.9 Å². The fraction of sp³-hybridized carbons (Fsp3) is 0.333. The quantitative estimate of drug-likeness (QED) is 0.462. The lowest BCUT2D eigenvalue weighted by Crippen LogP contribution is -2.38. The summed E-state index contributed by atoms with van der Waals surface area (Å²) in [6.45, 7) is 5.26. The number of fused-ring (bicyclic) bond motifs is 1. The lowest BCUT2D eigenvalue weighted by Gasteiger charge is -2.32. The molecule has 4 heterocycles. The number of anilines is 2. The van der Waals surface area contributed by atoms with Crippen LogP contribution in [-0.4, -0.2) is 46.2 Å². The summed E-state index contributed by atoms with van der Waals surface area (Å²) in [5.41, 5.74) is 4.44. The van der Waals surface area contributed by atoms with Crippen molar-refractivity contribution < 1.29 is 9.47 Å². The molecular weight excluding hydrogens is 422 g/mol. The molecule has 8 heteroatoms. The van der Waals surface area contributed by atoms with E-state index in [1.54, 1.807) is 18.4 Å². The van der Waals surface area contributed by atoms with Gasteiger partial charge in [0.15, 0.2) is 5.13 Å². The number of ether oxygens (including phenoxy) is 2. The van der Waals surface area contributed by atoms with Gasteiger partial charge in [-0.05, 0) is 36.8 Å². The third kappa shape index (κ3) is 4.34. The Kier molecular flexibility index (Phi) is 5.82. The van der Waals surface area contributed by atoms with Gasteiger partial charge in [0.25, 0.3) is 0 Å². The highest BCUT2D eigenvalue weighted by molar-refractivity contribution is 7.13. The minimum atomic E-state index is -0.0569. The number of hydrogen-bond donors (Lipinski definition) is 1. The Labute approximate surface area is 191 Å². The third-order valence-electron chi connectivity index (χ3n) is 5.78. The van der Waals surface area contributed by atoms with Crippen LogP contribution in [0.25, 0.3) is 10.9 Å². The van der Waals surface area contributed by atoms with Crippen LogP contribution in [0.1, 0.15) is 23.1 Å².